The lowest BCUT2D eigenvalue weighted by Crippen LogP contribution is -2.13. The zero-order chi connectivity index (χ0) is 17.2. The van der Waals surface area contributed by atoms with E-state index in [1.807, 2.05) is 36.4 Å². The van der Waals surface area contributed by atoms with Gasteiger partial charge in [0.05, 0.1) is 19.3 Å². The first-order valence-corrected chi connectivity index (χ1v) is 9.30. The molecule has 2 aromatic rings. The van der Waals surface area contributed by atoms with E-state index < -0.39 is 15.8 Å². The average molecular weight is 346 g/mol. The molecule has 1 heterocycles. The minimum absolute atomic E-state index is 0.0140. The van der Waals surface area contributed by atoms with E-state index in [9.17, 15) is 13.2 Å². The Balaban J connectivity index is 1.59. The predicted molar refractivity (Wildman–Crippen MR) is 91.3 cm³/mol. The van der Waals surface area contributed by atoms with E-state index in [0.29, 0.717) is 0 Å². The Morgan fingerprint density at radius 2 is 1.92 bits per heavy atom. The van der Waals surface area contributed by atoms with Crippen LogP contribution in [0.15, 0.2) is 47.9 Å². The van der Waals surface area contributed by atoms with Gasteiger partial charge in [-0.15, -0.1) is 0 Å². The van der Waals surface area contributed by atoms with Crippen LogP contribution in [-0.4, -0.2) is 27.2 Å². The molecule has 1 unspecified atom stereocenters. The summed E-state index contributed by atoms with van der Waals surface area (Å²) < 4.78 is 33.1. The molecular formula is C18H18O5S. The molecule has 0 saturated heterocycles. The molecule has 0 radical (unpaired) electrons. The highest BCUT2D eigenvalue weighted by Crippen LogP contribution is 2.23. The number of methoxy groups -OCH3 is 1. The molecule has 0 aromatic heterocycles. The van der Waals surface area contributed by atoms with Crippen molar-refractivity contribution in [3.63, 3.8) is 0 Å². The van der Waals surface area contributed by atoms with Crippen LogP contribution >= 0.6 is 0 Å². The lowest BCUT2D eigenvalue weighted by atomic mass is 10.1. The van der Waals surface area contributed by atoms with E-state index in [4.69, 9.17) is 9.47 Å². The third-order valence-electron chi connectivity index (χ3n) is 3.94. The van der Waals surface area contributed by atoms with Crippen LogP contribution in [0, 0.1) is 5.92 Å². The second-order valence-corrected chi connectivity index (χ2v) is 7.76. The van der Waals surface area contributed by atoms with Gasteiger partial charge in [0.1, 0.15) is 12.4 Å². The van der Waals surface area contributed by atoms with Gasteiger partial charge in [0.2, 0.25) is 0 Å². The minimum atomic E-state index is -3.14. The molecule has 0 saturated carbocycles. The Morgan fingerprint density at radius 1 is 1.17 bits per heavy atom. The summed E-state index contributed by atoms with van der Waals surface area (Å²) in [6.07, 6.45) is 1.64. The molecule has 0 bridgehead atoms. The number of esters is 1. The van der Waals surface area contributed by atoms with Gasteiger partial charge in [-0.1, -0.05) is 24.3 Å². The summed E-state index contributed by atoms with van der Waals surface area (Å²) in [4.78, 5) is 11.9. The Morgan fingerprint density at radius 3 is 2.62 bits per heavy atom. The number of sulfone groups is 1. The van der Waals surface area contributed by atoms with Gasteiger partial charge < -0.3 is 9.47 Å². The Labute approximate surface area is 140 Å². The molecule has 6 heteroatoms. The number of fused-ring (bicyclic) bond motifs is 1. The van der Waals surface area contributed by atoms with Crippen molar-refractivity contribution >= 4 is 26.6 Å². The number of hydrogen-bond donors (Lipinski definition) is 0. The van der Waals surface area contributed by atoms with Crippen molar-refractivity contribution < 1.29 is 22.7 Å². The summed E-state index contributed by atoms with van der Waals surface area (Å²) in [6, 6.07) is 11.6. The van der Waals surface area contributed by atoms with Gasteiger partial charge in [0.25, 0.3) is 0 Å². The van der Waals surface area contributed by atoms with Crippen molar-refractivity contribution in [2.75, 3.05) is 12.9 Å². The predicted octanol–water partition coefficient (Wildman–Crippen LogP) is 2.84. The molecule has 24 heavy (non-hydrogen) atoms. The fraction of sp³-hybridized carbons (Fsp3) is 0.278. The average Bonchev–Trinajstić information content (AvgIpc) is 2.90. The molecule has 0 amide bonds. The van der Waals surface area contributed by atoms with E-state index in [-0.39, 0.29) is 24.7 Å². The maximum Gasteiger partial charge on any atom is 0.306 e. The molecule has 1 aliphatic rings. The van der Waals surface area contributed by atoms with Crippen LogP contribution in [0.4, 0.5) is 0 Å². The number of allylic oxidation sites excluding steroid dienone is 1. The Bertz CT molecular complexity index is 899. The third kappa shape index (κ3) is 3.94. The number of hydrogen-bond acceptors (Lipinski definition) is 5. The van der Waals surface area contributed by atoms with E-state index in [1.165, 1.54) is 5.41 Å². The normalized spacial score (nSPS) is 18.6. The molecule has 0 N–H and O–H groups in total. The van der Waals surface area contributed by atoms with Gasteiger partial charge in [-0.25, -0.2) is 8.42 Å². The monoisotopic (exact) mass is 346 g/mol. The highest BCUT2D eigenvalue weighted by Gasteiger charge is 2.24. The fourth-order valence-corrected chi connectivity index (χ4v) is 4.09. The van der Waals surface area contributed by atoms with Crippen molar-refractivity contribution in [3.8, 4) is 5.75 Å². The molecule has 0 aliphatic carbocycles. The number of carbonyl (C=O) groups is 1. The van der Waals surface area contributed by atoms with Gasteiger partial charge in [-0.05, 0) is 34.5 Å². The SMILES string of the molecule is COc1ccc2cc(COC(=O)CC3C=CS(=O)(=O)C3)ccc2c1. The van der Waals surface area contributed by atoms with E-state index in [1.54, 1.807) is 13.2 Å². The first-order chi connectivity index (χ1) is 11.4. The topological polar surface area (TPSA) is 69.7 Å². The zero-order valence-corrected chi connectivity index (χ0v) is 14.1. The van der Waals surface area contributed by atoms with Gasteiger partial charge in [-0.3, -0.25) is 4.79 Å². The highest BCUT2D eigenvalue weighted by molar-refractivity contribution is 7.94. The lowest BCUT2D eigenvalue weighted by molar-refractivity contribution is -0.145. The van der Waals surface area contributed by atoms with Gasteiger partial charge in [0.15, 0.2) is 9.84 Å². The van der Waals surface area contributed by atoms with Crippen LogP contribution in [0.5, 0.6) is 5.75 Å². The van der Waals surface area contributed by atoms with Crippen LogP contribution in [0.25, 0.3) is 10.8 Å². The molecule has 5 nitrogen and oxygen atoms in total. The summed E-state index contributed by atoms with van der Waals surface area (Å²) in [5, 5.41) is 3.25. The maximum absolute atomic E-state index is 11.9. The second-order valence-electron chi connectivity index (χ2n) is 5.83. The molecule has 0 fully saturated rings. The Hall–Kier alpha value is -2.34. The van der Waals surface area contributed by atoms with E-state index >= 15 is 0 Å². The molecular weight excluding hydrogens is 328 g/mol. The van der Waals surface area contributed by atoms with E-state index in [2.05, 4.69) is 0 Å². The molecule has 0 spiro atoms. The Kier molecular flexibility index (Phi) is 4.57. The summed E-state index contributed by atoms with van der Waals surface area (Å²) >= 11 is 0. The number of rotatable bonds is 5. The van der Waals surface area contributed by atoms with Crippen LogP contribution in [0.1, 0.15) is 12.0 Å². The molecule has 1 aliphatic heterocycles. The van der Waals surface area contributed by atoms with Crippen molar-refractivity contribution in [3.05, 3.63) is 53.4 Å². The molecule has 126 valence electrons. The molecule has 2 aromatic carbocycles. The first kappa shape index (κ1) is 16.5. The van der Waals surface area contributed by atoms with Gasteiger partial charge in [0, 0.05) is 11.3 Å². The van der Waals surface area contributed by atoms with E-state index in [0.717, 1.165) is 22.1 Å². The molecule has 3 rings (SSSR count). The van der Waals surface area contributed by atoms with Crippen LogP contribution in [0.3, 0.4) is 0 Å². The number of carbonyl (C=O) groups excluding carboxylic acids is 1. The standard InChI is InChI=1S/C18H18O5S/c1-22-17-5-4-15-8-13(2-3-16(15)10-17)11-23-18(19)9-14-6-7-24(20,21)12-14/h2-8,10,14H,9,11-12H2,1H3. The van der Waals surface area contributed by atoms with Crippen LogP contribution in [-0.2, 0) is 26.0 Å². The van der Waals surface area contributed by atoms with Gasteiger partial charge in [-0.2, -0.15) is 0 Å². The highest BCUT2D eigenvalue weighted by atomic mass is 32.2. The number of ether oxygens (including phenoxy) is 2. The smallest absolute Gasteiger partial charge is 0.306 e. The third-order valence-corrected chi connectivity index (χ3v) is 5.41. The zero-order valence-electron chi connectivity index (χ0n) is 13.3. The van der Waals surface area contributed by atoms with Crippen LogP contribution < -0.4 is 4.74 Å². The summed E-state index contributed by atoms with van der Waals surface area (Å²) in [7, 11) is -1.51. The minimum Gasteiger partial charge on any atom is -0.497 e. The second kappa shape index (κ2) is 6.65. The lowest BCUT2D eigenvalue weighted by Gasteiger charge is -2.09. The van der Waals surface area contributed by atoms with Gasteiger partial charge >= 0.3 is 5.97 Å². The van der Waals surface area contributed by atoms with Crippen molar-refractivity contribution in [1.29, 1.82) is 0 Å². The molecule has 1 atom stereocenters. The fourth-order valence-electron chi connectivity index (χ4n) is 2.69. The summed E-state index contributed by atoms with van der Waals surface area (Å²) in [5.74, 6) is 0.101. The summed E-state index contributed by atoms with van der Waals surface area (Å²) in [6.45, 7) is 0.171. The van der Waals surface area contributed by atoms with Crippen molar-refractivity contribution in [1.82, 2.24) is 0 Å². The van der Waals surface area contributed by atoms with Crippen LogP contribution in [0.2, 0.25) is 0 Å². The number of benzene rings is 2. The van der Waals surface area contributed by atoms with Crippen molar-refractivity contribution in [2.24, 2.45) is 5.92 Å². The van der Waals surface area contributed by atoms with Crippen molar-refractivity contribution in [2.45, 2.75) is 13.0 Å². The first-order valence-electron chi connectivity index (χ1n) is 7.58. The summed E-state index contributed by atoms with van der Waals surface area (Å²) in [5.41, 5.74) is 0.885. The largest absolute Gasteiger partial charge is 0.497 e. The maximum atomic E-state index is 11.9. The quantitative estimate of drug-likeness (QED) is 0.779.